The van der Waals surface area contributed by atoms with Gasteiger partial charge in [0.05, 0.1) is 17.9 Å². The van der Waals surface area contributed by atoms with Gasteiger partial charge in [0.25, 0.3) is 10.2 Å². The Morgan fingerprint density at radius 2 is 2.04 bits per heavy atom. The number of anilines is 1. The van der Waals surface area contributed by atoms with Gasteiger partial charge in [0, 0.05) is 25.4 Å². The summed E-state index contributed by atoms with van der Waals surface area (Å²) >= 11 is 0. The molecule has 3 rings (SSSR count). The number of hydrogen-bond acceptors (Lipinski definition) is 5. The van der Waals surface area contributed by atoms with E-state index in [-0.39, 0.29) is 17.9 Å². The molecule has 1 fully saturated rings. The third kappa shape index (κ3) is 3.68. The van der Waals surface area contributed by atoms with Gasteiger partial charge in [-0.05, 0) is 38.0 Å². The summed E-state index contributed by atoms with van der Waals surface area (Å²) in [5.74, 6) is -0.580. The fraction of sp³-hybridized carbons (Fsp3) is 0.412. The Hall–Kier alpha value is -2.43. The molecule has 10 heteroatoms. The first-order chi connectivity index (χ1) is 12.6. The van der Waals surface area contributed by atoms with Crippen molar-refractivity contribution in [2.75, 3.05) is 12.4 Å². The largest absolute Gasteiger partial charge is 0.506 e. The van der Waals surface area contributed by atoms with Crippen molar-refractivity contribution in [2.45, 2.75) is 32.4 Å². The maximum Gasteiger partial charge on any atom is 0.280 e. The molecule has 146 valence electrons. The molecule has 2 heterocycles. The van der Waals surface area contributed by atoms with Gasteiger partial charge in [0.15, 0.2) is 0 Å². The number of carbonyl (C=O) groups excluding carboxylic acids is 1. The second-order valence-electron chi connectivity index (χ2n) is 6.76. The summed E-state index contributed by atoms with van der Waals surface area (Å²) in [7, 11) is -0.721. The summed E-state index contributed by atoms with van der Waals surface area (Å²) in [4.78, 5) is 12.8. The number of likely N-dealkylation sites (N-methyl/N-ethyl adjacent to an activating group) is 1. The van der Waals surface area contributed by atoms with Gasteiger partial charge in [-0.3, -0.25) is 9.48 Å². The lowest BCUT2D eigenvalue weighted by atomic mass is 10.00. The van der Waals surface area contributed by atoms with Gasteiger partial charge in [-0.15, -0.1) is 0 Å². The van der Waals surface area contributed by atoms with Crippen LogP contribution >= 0.6 is 0 Å². The number of carbonyl (C=O) groups is 1. The molecule has 0 spiro atoms. The van der Waals surface area contributed by atoms with E-state index in [0.717, 1.165) is 21.1 Å². The number of hydrogen-bond donors (Lipinski definition) is 3. The second-order valence-corrected chi connectivity index (χ2v) is 8.52. The highest BCUT2D eigenvalue weighted by Gasteiger charge is 2.41. The lowest BCUT2D eigenvalue weighted by molar-refractivity contribution is -0.120. The Morgan fingerprint density at radius 3 is 2.67 bits per heavy atom. The quantitative estimate of drug-likeness (QED) is 0.672. The zero-order valence-corrected chi connectivity index (χ0v) is 16.4. The monoisotopic (exact) mass is 393 g/mol. The number of aromatic hydroxyl groups is 1. The normalized spacial score (nSPS) is 22.5. The molecule has 3 N–H and O–H groups in total. The first kappa shape index (κ1) is 19.3. The lowest BCUT2D eigenvalue weighted by Gasteiger charge is -2.36. The maximum atomic E-state index is 12.8. The van der Waals surface area contributed by atoms with Gasteiger partial charge in [-0.25, -0.2) is 0 Å². The Balaban J connectivity index is 1.89. The standard InChI is InChI=1S/C17H23N5O4S/c1-10-5-6-16(23)14(7-10)19-17(24)15-8-13(20-27(25,26)22(15)4)12-9-18-21(3)11(12)2/h5-7,9,13,15,20,23H,8H2,1-4H3,(H,19,24)/t13-,15-/m0/s1. The predicted molar refractivity (Wildman–Crippen MR) is 100 cm³/mol. The molecule has 1 aliphatic heterocycles. The first-order valence-corrected chi connectivity index (χ1v) is 9.88. The Labute approximate surface area is 158 Å². The summed E-state index contributed by atoms with van der Waals surface area (Å²) in [6, 6.07) is 3.33. The first-order valence-electron chi connectivity index (χ1n) is 8.44. The van der Waals surface area contributed by atoms with Crippen LogP contribution in [0.1, 0.15) is 29.3 Å². The summed E-state index contributed by atoms with van der Waals surface area (Å²) < 4.78 is 30.3. The third-order valence-electron chi connectivity index (χ3n) is 4.93. The molecule has 1 aliphatic rings. The molecule has 2 atom stereocenters. The van der Waals surface area contributed by atoms with E-state index in [1.165, 1.54) is 13.1 Å². The van der Waals surface area contributed by atoms with Gasteiger partial charge in [0.1, 0.15) is 11.8 Å². The molecular formula is C17H23N5O4S. The number of phenols is 1. The van der Waals surface area contributed by atoms with Gasteiger partial charge >= 0.3 is 0 Å². The Morgan fingerprint density at radius 1 is 1.33 bits per heavy atom. The van der Waals surface area contributed by atoms with Crippen LogP contribution < -0.4 is 10.0 Å². The average molecular weight is 393 g/mol. The minimum Gasteiger partial charge on any atom is -0.506 e. The molecule has 0 saturated carbocycles. The Bertz CT molecular complexity index is 985. The number of phenolic OH excluding ortho intramolecular Hbond substituents is 1. The summed E-state index contributed by atoms with van der Waals surface area (Å²) in [5.41, 5.74) is 2.66. The highest BCUT2D eigenvalue weighted by molar-refractivity contribution is 7.87. The minimum atomic E-state index is -3.85. The molecule has 1 aromatic carbocycles. The zero-order chi connectivity index (χ0) is 19.9. The van der Waals surface area contributed by atoms with Crippen LogP contribution in [0.5, 0.6) is 5.75 Å². The van der Waals surface area contributed by atoms with Crippen molar-refractivity contribution < 1.29 is 18.3 Å². The molecular weight excluding hydrogens is 370 g/mol. The van der Waals surface area contributed by atoms with Crippen LogP contribution in [0.15, 0.2) is 24.4 Å². The molecule has 0 aliphatic carbocycles. The molecule has 9 nitrogen and oxygen atoms in total. The number of nitrogens with zero attached hydrogens (tertiary/aromatic N) is 3. The number of nitrogens with one attached hydrogen (secondary N) is 2. The van der Waals surface area contributed by atoms with Gasteiger partial charge in [-0.2, -0.15) is 22.5 Å². The summed E-state index contributed by atoms with van der Waals surface area (Å²) in [6.45, 7) is 3.67. The predicted octanol–water partition coefficient (Wildman–Crippen LogP) is 0.961. The molecule has 1 amide bonds. The van der Waals surface area contributed by atoms with E-state index in [0.29, 0.717) is 0 Å². The highest BCUT2D eigenvalue weighted by Crippen LogP contribution is 2.31. The van der Waals surface area contributed by atoms with Gasteiger partial charge in [0.2, 0.25) is 5.91 Å². The highest BCUT2D eigenvalue weighted by atomic mass is 32.2. The molecule has 1 aromatic heterocycles. The lowest BCUT2D eigenvalue weighted by Crippen LogP contribution is -2.56. The molecule has 0 unspecified atom stereocenters. The van der Waals surface area contributed by atoms with E-state index < -0.39 is 28.2 Å². The van der Waals surface area contributed by atoms with Crippen LogP contribution in [0, 0.1) is 13.8 Å². The maximum absolute atomic E-state index is 12.8. The van der Waals surface area contributed by atoms with Crippen LogP contribution in [0.25, 0.3) is 0 Å². The smallest absolute Gasteiger partial charge is 0.280 e. The van der Waals surface area contributed by atoms with Crippen molar-refractivity contribution in [1.29, 1.82) is 0 Å². The number of aromatic nitrogens is 2. The molecule has 2 aromatic rings. The van der Waals surface area contributed by atoms with Crippen LogP contribution in [0.4, 0.5) is 5.69 Å². The van der Waals surface area contributed by atoms with Crippen molar-refractivity contribution in [2.24, 2.45) is 7.05 Å². The van der Waals surface area contributed by atoms with Crippen LogP contribution in [-0.4, -0.2) is 46.6 Å². The van der Waals surface area contributed by atoms with E-state index in [2.05, 4.69) is 15.1 Å². The van der Waals surface area contributed by atoms with Crippen molar-refractivity contribution in [1.82, 2.24) is 18.8 Å². The third-order valence-corrected chi connectivity index (χ3v) is 6.52. The average Bonchev–Trinajstić information content (AvgIpc) is 2.92. The van der Waals surface area contributed by atoms with E-state index in [1.807, 2.05) is 13.8 Å². The van der Waals surface area contributed by atoms with Crippen molar-refractivity contribution in [3.63, 3.8) is 0 Å². The number of rotatable bonds is 3. The summed E-state index contributed by atoms with van der Waals surface area (Å²) in [5, 5.41) is 16.7. The van der Waals surface area contributed by atoms with Crippen LogP contribution in [-0.2, 0) is 22.1 Å². The number of amides is 1. The van der Waals surface area contributed by atoms with Crippen LogP contribution in [0.3, 0.4) is 0 Å². The van der Waals surface area contributed by atoms with E-state index in [9.17, 15) is 18.3 Å². The van der Waals surface area contributed by atoms with Crippen molar-refractivity contribution >= 4 is 21.8 Å². The minimum absolute atomic E-state index is 0.0759. The van der Waals surface area contributed by atoms with Gasteiger partial charge in [-0.1, -0.05) is 6.07 Å². The summed E-state index contributed by atoms with van der Waals surface area (Å²) in [6.07, 6.45) is 1.84. The van der Waals surface area contributed by atoms with Crippen molar-refractivity contribution in [3.05, 3.63) is 41.2 Å². The van der Waals surface area contributed by atoms with Gasteiger partial charge < -0.3 is 10.4 Å². The van der Waals surface area contributed by atoms with E-state index in [1.54, 1.807) is 30.1 Å². The number of benzene rings is 1. The fourth-order valence-electron chi connectivity index (χ4n) is 3.14. The fourth-order valence-corrected chi connectivity index (χ4v) is 4.40. The zero-order valence-electron chi connectivity index (χ0n) is 15.6. The second kappa shape index (κ2) is 6.95. The number of aryl methyl sites for hydroxylation is 2. The van der Waals surface area contributed by atoms with Crippen molar-refractivity contribution in [3.8, 4) is 5.75 Å². The Kier molecular flexibility index (Phi) is 4.98. The van der Waals surface area contributed by atoms with E-state index in [4.69, 9.17) is 0 Å². The molecule has 0 bridgehead atoms. The topological polar surface area (TPSA) is 117 Å². The SMILES string of the molecule is Cc1ccc(O)c(NC(=O)[C@@H]2C[C@@H](c3cnn(C)c3C)NS(=O)(=O)N2C)c1. The molecule has 27 heavy (non-hydrogen) atoms. The van der Waals surface area contributed by atoms with Crippen LogP contribution in [0.2, 0.25) is 0 Å². The van der Waals surface area contributed by atoms with E-state index >= 15 is 0 Å². The molecule has 1 saturated heterocycles. The molecule has 0 radical (unpaired) electrons.